The Balaban J connectivity index is 0.00000264. The molecule has 0 aliphatic carbocycles. The molecule has 9 heteroatoms. The van der Waals surface area contributed by atoms with Crippen LogP contribution in [0.5, 0.6) is 0 Å². The van der Waals surface area contributed by atoms with E-state index in [-0.39, 0.29) is 24.0 Å². The molecule has 0 saturated carbocycles. The Hall–Kier alpha value is -1.62. The lowest BCUT2D eigenvalue weighted by Gasteiger charge is -2.11. The lowest BCUT2D eigenvalue weighted by Crippen LogP contribution is -2.38. The summed E-state index contributed by atoms with van der Waals surface area (Å²) in [5.41, 5.74) is 0. The van der Waals surface area contributed by atoms with Crippen LogP contribution in [0.4, 0.5) is 0 Å². The Labute approximate surface area is 152 Å². The van der Waals surface area contributed by atoms with Gasteiger partial charge in [0.1, 0.15) is 18.1 Å². The molecule has 2 N–H and O–H groups in total. The molecule has 0 bridgehead atoms. The van der Waals surface area contributed by atoms with Crippen LogP contribution in [-0.2, 0) is 24.9 Å². The second-order valence-electron chi connectivity index (χ2n) is 4.74. The molecule has 0 saturated heterocycles. The van der Waals surface area contributed by atoms with E-state index in [1.807, 2.05) is 30.7 Å². The van der Waals surface area contributed by atoms with Crippen LogP contribution >= 0.6 is 24.0 Å². The van der Waals surface area contributed by atoms with Gasteiger partial charge < -0.3 is 24.4 Å². The van der Waals surface area contributed by atoms with Crippen LogP contribution in [0.25, 0.3) is 0 Å². The number of ether oxygens (including phenoxy) is 1. The lowest BCUT2D eigenvalue weighted by atomic mass is 10.4. The van der Waals surface area contributed by atoms with Gasteiger partial charge in [-0.25, -0.2) is 4.99 Å². The zero-order valence-electron chi connectivity index (χ0n) is 13.6. The fraction of sp³-hybridized carbons (Fsp3) is 0.500. The quantitative estimate of drug-likeness (QED) is 0.295. The van der Waals surface area contributed by atoms with Crippen molar-refractivity contribution < 1.29 is 9.15 Å². The van der Waals surface area contributed by atoms with E-state index in [0.717, 1.165) is 17.4 Å². The summed E-state index contributed by atoms with van der Waals surface area (Å²) < 4.78 is 12.3. The molecule has 0 radical (unpaired) electrons. The monoisotopic (exact) mass is 434 g/mol. The number of nitrogens with one attached hydrogen (secondary N) is 2. The van der Waals surface area contributed by atoms with E-state index in [9.17, 15) is 0 Å². The molecule has 0 aromatic carbocycles. The van der Waals surface area contributed by atoms with E-state index in [1.54, 1.807) is 13.4 Å². The number of methoxy groups -OCH3 is 1. The van der Waals surface area contributed by atoms with Gasteiger partial charge in [0.15, 0.2) is 11.8 Å². The number of rotatable bonds is 7. The molecule has 0 aliphatic heterocycles. The number of halogens is 1. The average molecular weight is 434 g/mol. The number of guanidine groups is 1. The maximum absolute atomic E-state index is 5.30. The first-order valence-electron chi connectivity index (χ1n) is 7.09. The molecule has 2 aromatic rings. The molecule has 0 unspecified atom stereocenters. The third-order valence-corrected chi connectivity index (χ3v) is 3.17. The summed E-state index contributed by atoms with van der Waals surface area (Å²) >= 11 is 0. The van der Waals surface area contributed by atoms with E-state index in [4.69, 9.17) is 9.15 Å². The Morgan fingerprint density at radius 2 is 2.22 bits per heavy atom. The van der Waals surface area contributed by atoms with Gasteiger partial charge >= 0.3 is 0 Å². The summed E-state index contributed by atoms with van der Waals surface area (Å²) in [6.45, 7) is 4.18. The van der Waals surface area contributed by atoms with E-state index >= 15 is 0 Å². The maximum atomic E-state index is 5.30. The number of nitrogens with zero attached hydrogens (tertiary/aromatic N) is 4. The minimum atomic E-state index is 0. The second-order valence-corrected chi connectivity index (χ2v) is 4.74. The van der Waals surface area contributed by atoms with Crippen molar-refractivity contribution in [1.82, 2.24) is 25.4 Å². The topological polar surface area (TPSA) is 89.5 Å². The molecule has 2 rings (SSSR count). The molecule has 0 aliphatic rings. The summed E-state index contributed by atoms with van der Waals surface area (Å²) in [6.07, 6.45) is 1.65. The normalized spacial score (nSPS) is 11.2. The van der Waals surface area contributed by atoms with E-state index < -0.39 is 0 Å². The first-order chi connectivity index (χ1) is 10.7. The molecule has 2 heterocycles. The largest absolute Gasteiger partial charge is 0.467 e. The highest BCUT2D eigenvalue weighted by Crippen LogP contribution is 2.00. The van der Waals surface area contributed by atoms with Crippen LogP contribution in [0.3, 0.4) is 0 Å². The Kier molecular flexibility index (Phi) is 8.62. The molecule has 0 atom stereocenters. The molecule has 0 fully saturated rings. The van der Waals surface area contributed by atoms with Crippen molar-refractivity contribution in [2.45, 2.75) is 20.0 Å². The summed E-state index contributed by atoms with van der Waals surface area (Å²) in [6, 6.07) is 3.76. The number of aromatic nitrogens is 3. The lowest BCUT2D eigenvalue weighted by molar-refractivity contribution is 0.203. The van der Waals surface area contributed by atoms with Crippen molar-refractivity contribution in [2.24, 2.45) is 12.0 Å². The van der Waals surface area contributed by atoms with Crippen LogP contribution in [0.15, 0.2) is 27.8 Å². The van der Waals surface area contributed by atoms with Crippen molar-refractivity contribution >= 4 is 29.9 Å². The second kappa shape index (κ2) is 10.2. The number of hydrogen-bond acceptors (Lipinski definition) is 5. The molecule has 0 spiro atoms. The molecule has 2 aromatic heterocycles. The van der Waals surface area contributed by atoms with Crippen molar-refractivity contribution in [1.29, 1.82) is 0 Å². The van der Waals surface area contributed by atoms with Gasteiger partial charge in [0.05, 0.1) is 19.4 Å². The smallest absolute Gasteiger partial charge is 0.192 e. The maximum Gasteiger partial charge on any atom is 0.192 e. The van der Waals surface area contributed by atoms with Gasteiger partial charge in [-0.1, -0.05) is 0 Å². The van der Waals surface area contributed by atoms with Gasteiger partial charge in [0, 0.05) is 20.7 Å². The standard InChI is InChI=1S/C14H22N6O2.HI/c1-11-18-19-13(20(11)2)10-17-14(15-6-8-21-3)16-9-12-5-4-7-22-12;/h4-5,7H,6,8-10H2,1-3H3,(H2,15,16,17);1H. The van der Waals surface area contributed by atoms with Crippen LogP contribution in [0, 0.1) is 6.92 Å². The highest BCUT2D eigenvalue weighted by Gasteiger charge is 2.05. The van der Waals surface area contributed by atoms with Gasteiger partial charge in [-0.3, -0.25) is 0 Å². The number of furan rings is 1. The van der Waals surface area contributed by atoms with Gasteiger partial charge in [-0.05, 0) is 19.1 Å². The predicted octanol–water partition coefficient (Wildman–Crippen LogP) is 1.22. The molecule has 128 valence electrons. The Morgan fingerprint density at radius 1 is 1.39 bits per heavy atom. The highest BCUT2D eigenvalue weighted by atomic mass is 127. The van der Waals surface area contributed by atoms with Gasteiger partial charge in [-0.2, -0.15) is 0 Å². The van der Waals surface area contributed by atoms with Gasteiger partial charge in [0.2, 0.25) is 0 Å². The molecule has 0 amide bonds. The zero-order valence-corrected chi connectivity index (χ0v) is 15.9. The molecule has 8 nitrogen and oxygen atoms in total. The van der Waals surface area contributed by atoms with Gasteiger partial charge in [0.25, 0.3) is 0 Å². The molecular formula is C14H23IN6O2. The average Bonchev–Trinajstić information content (AvgIpc) is 3.14. The van der Waals surface area contributed by atoms with Crippen molar-refractivity contribution in [2.75, 3.05) is 20.3 Å². The Morgan fingerprint density at radius 3 is 2.83 bits per heavy atom. The minimum absolute atomic E-state index is 0. The summed E-state index contributed by atoms with van der Waals surface area (Å²) in [4.78, 5) is 4.51. The fourth-order valence-electron chi connectivity index (χ4n) is 1.77. The van der Waals surface area contributed by atoms with Crippen LogP contribution < -0.4 is 10.6 Å². The number of aliphatic imine (C=N–C) groups is 1. The summed E-state index contributed by atoms with van der Waals surface area (Å²) in [7, 11) is 3.59. The minimum Gasteiger partial charge on any atom is -0.467 e. The highest BCUT2D eigenvalue weighted by molar-refractivity contribution is 14.0. The fourth-order valence-corrected chi connectivity index (χ4v) is 1.77. The number of aryl methyl sites for hydroxylation is 1. The van der Waals surface area contributed by atoms with Crippen LogP contribution in [0.2, 0.25) is 0 Å². The molecular weight excluding hydrogens is 411 g/mol. The van der Waals surface area contributed by atoms with Crippen molar-refractivity contribution in [3.63, 3.8) is 0 Å². The first-order valence-corrected chi connectivity index (χ1v) is 7.09. The van der Waals surface area contributed by atoms with Crippen LogP contribution in [-0.4, -0.2) is 41.0 Å². The van der Waals surface area contributed by atoms with Crippen molar-refractivity contribution in [3.8, 4) is 0 Å². The van der Waals surface area contributed by atoms with E-state index in [0.29, 0.717) is 32.2 Å². The summed E-state index contributed by atoms with van der Waals surface area (Å²) in [5.74, 6) is 3.19. The molecule has 23 heavy (non-hydrogen) atoms. The third-order valence-electron chi connectivity index (χ3n) is 3.17. The Bertz CT molecular complexity index is 596. The van der Waals surface area contributed by atoms with Crippen molar-refractivity contribution in [3.05, 3.63) is 35.8 Å². The number of hydrogen-bond donors (Lipinski definition) is 2. The predicted molar refractivity (Wildman–Crippen MR) is 97.7 cm³/mol. The summed E-state index contributed by atoms with van der Waals surface area (Å²) in [5, 5.41) is 14.5. The van der Waals surface area contributed by atoms with E-state index in [2.05, 4.69) is 25.8 Å². The van der Waals surface area contributed by atoms with E-state index in [1.165, 1.54) is 0 Å². The SMILES string of the molecule is COCCNC(=NCc1nnc(C)n1C)NCc1ccco1.I. The zero-order chi connectivity index (χ0) is 15.8. The first kappa shape index (κ1) is 19.4. The van der Waals surface area contributed by atoms with Gasteiger partial charge in [-0.15, -0.1) is 34.2 Å². The van der Waals surface area contributed by atoms with Crippen LogP contribution in [0.1, 0.15) is 17.4 Å². The third kappa shape index (κ3) is 6.18.